The largest absolute Gasteiger partial charge is 0.448 e. The molecular weight excluding hydrogens is 1200 g/mol. The van der Waals surface area contributed by atoms with E-state index < -0.39 is 45.6 Å². The Labute approximate surface area is 550 Å². The van der Waals surface area contributed by atoms with Crippen molar-refractivity contribution in [3.63, 3.8) is 0 Å². The van der Waals surface area contributed by atoms with Gasteiger partial charge < -0.3 is 76.1 Å². The summed E-state index contributed by atoms with van der Waals surface area (Å²) in [6, 6.07) is 33.6. The number of unbranched alkanes of at least 4 members (excludes halogenated alkanes) is 2. The van der Waals surface area contributed by atoms with Crippen molar-refractivity contribution in [2.45, 2.75) is 176 Å². The van der Waals surface area contributed by atoms with Gasteiger partial charge in [0.05, 0.1) is 63.7 Å². The second kappa shape index (κ2) is 23.7. The van der Waals surface area contributed by atoms with Crippen LogP contribution in [0.3, 0.4) is 0 Å². The Balaban J connectivity index is 0.477. The van der Waals surface area contributed by atoms with Crippen LogP contribution in [0, 0.1) is 10.8 Å². The van der Waals surface area contributed by atoms with E-state index in [4.69, 9.17) is 66.3 Å². The van der Waals surface area contributed by atoms with Gasteiger partial charge in [-0.1, -0.05) is 124 Å². The van der Waals surface area contributed by atoms with E-state index in [2.05, 4.69) is 111 Å². The molecule has 8 heterocycles. The Morgan fingerprint density at radius 1 is 0.372 bits per heavy atom. The van der Waals surface area contributed by atoms with E-state index in [1.165, 1.54) is 44.5 Å². The van der Waals surface area contributed by atoms with Crippen molar-refractivity contribution in [2.75, 3.05) is 92.2 Å². The van der Waals surface area contributed by atoms with Gasteiger partial charge in [0.25, 0.3) is 11.6 Å². The summed E-state index contributed by atoms with van der Waals surface area (Å²) in [6.45, 7) is 10.6. The Morgan fingerprint density at radius 3 is 0.904 bits per heavy atom. The van der Waals surface area contributed by atoms with Crippen LogP contribution >= 0.6 is 0 Å². The first kappa shape index (κ1) is 61.1. The van der Waals surface area contributed by atoms with Crippen LogP contribution in [0.25, 0.3) is 22.3 Å². The van der Waals surface area contributed by atoms with E-state index in [0.29, 0.717) is 169 Å². The number of likely N-dealkylation sites (tertiary alicyclic amines) is 2. The fourth-order valence-electron chi connectivity index (χ4n) is 17.1. The molecule has 4 aliphatic carbocycles. The van der Waals surface area contributed by atoms with Gasteiger partial charge >= 0.3 is 12.2 Å². The van der Waals surface area contributed by atoms with Crippen molar-refractivity contribution in [3.05, 3.63) is 130 Å². The Bertz CT molecular complexity index is 3290. The van der Waals surface area contributed by atoms with Crippen LogP contribution in [-0.2, 0) is 60.2 Å². The van der Waals surface area contributed by atoms with Gasteiger partial charge in [-0.05, 0) is 70.2 Å². The Hall–Kier alpha value is -6.48. The number of hydrogen-bond donors (Lipinski definition) is 0. The molecule has 94 heavy (non-hydrogen) atoms. The number of nitrogens with zero attached hydrogens (tertiary/aromatic N) is 2. The molecule has 8 spiro atoms. The summed E-state index contributed by atoms with van der Waals surface area (Å²) in [4.78, 5) is 30.5. The lowest BCUT2D eigenvalue weighted by molar-refractivity contribution is -0.381. The number of rotatable bonds is 10. The van der Waals surface area contributed by atoms with E-state index in [1.807, 2.05) is 0 Å². The van der Waals surface area contributed by atoms with E-state index in [0.717, 1.165) is 72.6 Å². The summed E-state index contributed by atoms with van der Waals surface area (Å²) in [5.74, 6) is -1.57. The molecule has 2 amide bonds. The number of carbonyl (C=O) groups excluding carboxylic acids is 2. The van der Waals surface area contributed by atoms with Crippen molar-refractivity contribution < 1.29 is 75.9 Å². The van der Waals surface area contributed by atoms with Crippen LogP contribution < -0.4 is 18.9 Å². The SMILES string of the molecule is CCCCc1c2c(c(CCCC)c3c1OC1(CCC4(CC1)OCC1(COC5(CCN(C(=O)OCC6c7ccccc7-c7ccccc76)CC5)OC1)CO4)O3)OC1(CCC3(CC1)OCC1(COC4(CCN(C(=O)OCC5c6ccccc6-c6ccccc65)CC4)OC1)CO3)O2. The fraction of sp³-hybridized carbons (Fsp3) is 0.579. The summed E-state index contributed by atoms with van der Waals surface area (Å²) in [5.41, 5.74) is 10.8. The van der Waals surface area contributed by atoms with Gasteiger partial charge in [-0.3, -0.25) is 0 Å². The molecule has 0 radical (unpaired) electrons. The maximum absolute atomic E-state index is 13.5. The second-order valence-corrected chi connectivity index (χ2v) is 29.2. The summed E-state index contributed by atoms with van der Waals surface area (Å²) < 4.78 is 94.4. The highest BCUT2D eigenvalue weighted by molar-refractivity contribution is 5.80. The third-order valence-corrected chi connectivity index (χ3v) is 23.1. The van der Waals surface area contributed by atoms with E-state index in [1.54, 1.807) is 9.80 Å². The number of carbonyl (C=O) groups is 2. The van der Waals surface area contributed by atoms with Crippen LogP contribution in [0.5, 0.6) is 23.0 Å². The minimum absolute atomic E-state index is 0.0122. The van der Waals surface area contributed by atoms with Gasteiger partial charge in [-0.2, -0.15) is 0 Å². The van der Waals surface area contributed by atoms with Gasteiger partial charge in [0.2, 0.25) is 0 Å². The lowest BCUT2D eigenvalue weighted by Gasteiger charge is -2.53. The number of amides is 2. The van der Waals surface area contributed by atoms with Crippen molar-refractivity contribution in [2.24, 2.45) is 10.8 Å². The minimum atomic E-state index is -0.868. The molecule has 5 aromatic carbocycles. The number of benzene rings is 5. The highest BCUT2D eigenvalue weighted by atomic mass is 16.8. The summed E-state index contributed by atoms with van der Waals surface area (Å²) in [7, 11) is 0. The van der Waals surface area contributed by atoms with Gasteiger partial charge in [0.1, 0.15) is 13.2 Å². The first-order valence-corrected chi connectivity index (χ1v) is 35.2. The molecule has 0 unspecified atom stereocenters. The molecule has 0 atom stereocenters. The zero-order valence-electron chi connectivity index (χ0n) is 54.4. The molecule has 0 aromatic heterocycles. The number of ether oxygens (including phenoxy) is 14. The monoisotopic (exact) mass is 1280 g/mol. The maximum Gasteiger partial charge on any atom is 0.409 e. The third kappa shape index (κ3) is 10.6. The highest BCUT2D eigenvalue weighted by Gasteiger charge is 2.60. The number of fused-ring (bicyclic) bond motifs is 8. The molecule has 12 aliphatic rings. The lowest BCUT2D eigenvalue weighted by atomic mass is 9.84. The molecule has 8 aliphatic heterocycles. The predicted molar refractivity (Wildman–Crippen MR) is 344 cm³/mol. The fourth-order valence-corrected chi connectivity index (χ4v) is 17.1. The van der Waals surface area contributed by atoms with Crippen LogP contribution in [0.4, 0.5) is 9.59 Å². The molecule has 0 N–H and O–H groups in total. The first-order chi connectivity index (χ1) is 45.9. The predicted octanol–water partition coefficient (Wildman–Crippen LogP) is 13.5. The summed E-state index contributed by atoms with van der Waals surface area (Å²) >= 11 is 0. The molecule has 17 rings (SSSR count). The average Bonchev–Trinajstić information content (AvgIpc) is 1.53. The van der Waals surface area contributed by atoms with Crippen molar-refractivity contribution in [1.29, 1.82) is 0 Å². The first-order valence-electron chi connectivity index (χ1n) is 35.2. The zero-order chi connectivity index (χ0) is 63.4. The smallest absolute Gasteiger partial charge is 0.409 e. The molecule has 8 fully saturated rings. The van der Waals surface area contributed by atoms with Gasteiger partial charge in [0, 0.05) is 126 Å². The number of hydrogen-bond acceptors (Lipinski definition) is 16. The van der Waals surface area contributed by atoms with Crippen molar-refractivity contribution in [1.82, 2.24) is 9.80 Å². The van der Waals surface area contributed by atoms with Crippen LogP contribution in [-0.4, -0.2) is 149 Å². The second-order valence-electron chi connectivity index (χ2n) is 29.2. The molecule has 18 nitrogen and oxygen atoms in total. The Kier molecular flexibility index (Phi) is 15.4. The normalized spacial score (nSPS) is 24.7. The van der Waals surface area contributed by atoms with Crippen LogP contribution in [0.1, 0.15) is 162 Å². The van der Waals surface area contributed by atoms with Crippen molar-refractivity contribution in [3.8, 4) is 45.3 Å². The molecule has 2 saturated carbocycles. The zero-order valence-corrected chi connectivity index (χ0v) is 54.4. The van der Waals surface area contributed by atoms with Crippen LogP contribution in [0.2, 0.25) is 0 Å². The standard InChI is InChI=1S/C76H88N2O16/c1-3-5-15-59-63-65(93-75(91-63)29-25-71(26-30-75)83-43-69(44-84-71)47-87-73(88-48-69)33-37-77(38-34-73)67(79)81-41-61-55-21-11-7-17-51(55)52-18-8-12-22-56(52)61)60(16-6-4-2)66-64(59)92-76(94-66)31-27-72(28-32-76)85-45-70(46-86-72)49-89-74(90-50-70)35-39-78(40-36-74)68(80)82-42-62-57-23-13-9-19-53(57)54-20-10-14-24-58(54)62/h7-14,17-24,61-62H,3-6,15-16,25-50H2,1-2H3. The molecule has 5 aromatic rings. The van der Waals surface area contributed by atoms with E-state index in [-0.39, 0.29) is 24.0 Å². The lowest BCUT2D eigenvalue weighted by Crippen LogP contribution is -2.62. The molecule has 6 saturated heterocycles. The van der Waals surface area contributed by atoms with Gasteiger partial charge in [0.15, 0.2) is 46.1 Å². The molecule has 0 bridgehead atoms. The van der Waals surface area contributed by atoms with E-state index in [9.17, 15) is 9.59 Å². The van der Waals surface area contributed by atoms with Crippen LogP contribution in [0.15, 0.2) is 97.1 Å². The average molecular weight is 1290 g/mol. The molecule has 498 valence electrons. The summed E-state index contributed by atoms with van der Waals surface area (Å²) in [5, 5.41) is 0. The topological polar surface area (TPSA) is 170 Å². The highest BCUT2D eigenvalue weighted by Crippen LogP contribution is 2.63. The maximum atomic E-state index is 13.5. The molecule has 18 heteroatoms. The quantitative estimate of drug-likeness (QED) is 0.129. The number of piperidine rings is 2. The summed E-state index contributed by atoms with van der Waals surface area (Å²) in [6.07, 6.45) is 11.9. The Morgan fingerprint density at radius 2 is 0.628 bits per heavy atom. The van der Waals surface area contributed by atoms with Gasteiger partial charge in [-0.25, -0.2) is 9.59 Å². The molecular formula is C76H88N2O16. The van der Waals surface area contributed by atoms with Crippen molar-refractivity contribution >= 4 is 12.2 Å². The third-order valence-electron chi connectivity index (χ3n) is 23.1. The minimum Gasteiger partial charge on any atom is -0.448 e. The van der Waals surface area contributed by atoms with Gasteiger partial charge in [-0.15, -0.1) is 0 Å². The van der Waals surface area contributed by atoms with E-state index >= 15 is 0 Å².